The molecule has 1 aromatic heterocycles. The number of halogens is 3. The summed E-state index contributed by atoms with van der Waals surface area (Å²) in [5.41, 5.74) is 4.26. The summed E-state index contributed by atoms with van der Waals surface area (Å²) in [6.45, 7) is 6.72. The maximum atomic E-state index is 14.0. The summed E-state index contributed by atoms with van der Waals surface area (Å²) in [6.07, 6.45) is 0.818. The van der Waals surface area contributed by atoms with Crippen LogP contribution in [0.2, 0.25) is 0 Å². The van der Waals surface area contributed by atoms with Gasteiger partial charge in [-0.2, -0.15) is 4.98 Å². The molecular weight excluding hydrogens is 394 g/mol. The van der Waals surface area contributed by atoms with E-state index >= 15 is 0 Å². The van der Waals surface area contributed by atoms with Crippen LogP contribution in [-0.4, -0.2) is 16.5 Å². The van der Waals surface area contributed by atoms with E-state index in [0.717, 1.165) is 35.6 Å². The quantitative estimate of drug-likeness (QED) is 0.598. The molecular formula is C22H23ClF2N4. The number of aromatic nitrogens is 2. The highest BCUT2D eigenvalue weighted by Crippen LogP contribution is 2.35. The smallest absolute Gasteiger partial charge is 0.229 e. The van der Waals surface area contributed by atoms with Gasteiger partial charge in [0.2, 0.25) is 5.95 Å². The first kappa shape index (κ1) is 21.0. The van der Waals surface area contributed by atoms with E-state index in [0.29, 0.717) is 11.6 Å². The SMILES string of the molecule is Cc1nc(Nc2ccccc2F)nc(N2CCc3ccc(F)cc3C2C)c1C.Cl. The van der Waals surface area contributed by atoms with Gasteiger partial charge >= 0.3 is 0 Å². The summed E-state index contributed by atoms with van der Waals surface area (Å²) in [5, 5.41) is 2.98. The van der Waals surface area contributed by atoms with Crippen LogP contribution in [0.15, 0.2) is 42.5 Å². The van der Waals surface area contributed by atoms with Crippen LogP contribution in [-0.2, 0) is 6.42 Å². The van der Waals surface area contributed by atoms with Gasteiger partial charge in [-0.05, 0) is 62.6 Å². The predicted octanol–water partition coefficient (Wildman–Crippen LogP) is 5.66. The third kappa shape index (κ3) is 4.03. The lowest BCUT2D eigenvalue weighted by atomic mass is 9.93. The fourth-order valence-electron chi connectivity index (χ4n) is 3.71. The number of hydrogen-bond donors (Lipinski definition) is 1. The van der Waals surface area contributed by atoms with Crippen molar-refractivity contribution in [3.8, 4) is 0 Å². The lowest BCUT2D eigenvalue weighted by Crippen LogP contribution is -2.35. The zero-order chi connectivity index (χ0) is 19.8. The molecule has 0 radical (unpaired) electrons. The van der Waals surface area contributed by atoms with Crippen LogP contribution in [0.4, 0.5) is 26.2 Å². The Hall–Kier alpha value is -2.73. The van der Waals surface area contributed by atoms with E-state index in [1.807, 2.05) is 19.9 Å². The number of aryl methyl sites for hydroxylation is 1. The van der Waals surface area contributed by atoms with Gasteiger partial charge in [0.25, 0.3) is 0 Å². The van der Waals surface area contributed by atoms with E-state index in [-0.39, 0.29) is 30.1 Å². The molecule has 0 bridgehead atoms. The number of para-hydroxylation sites is 1. The normalized spacial score (nSPS) is 15.5. The first-order valence-corrected chi connectivity index (χ1v) is 9.36. The van der Waals surface area contributed by atoms with Crippen LogP contribution in [0, 0.1) is 25.5 Å². The minimum atomic E-state index is -0.360. The number of benzene rings is 2. The molecule has 0 fully saturated rings. The molecule has 0 saturated carbocycles. The van der Waals surface area contributed by atoms with E-state index in [9.17, 15) is 8.78 Å². The molecule has 1 atom stereocenters. The van der Waals surface area contributed by atoms with Crippen LogP contribution >= 0.6 is 12.4 Å². The Labute approximate surface area is 175 Å². The second kappa shape index (κ2) is 8.33. The second-order valence-electron chi connectivity index (χ2n) is 7.15. The molecule has 2 aromatic carbocycles. The number of fused-ring (bicyclic) bond motifs is 1. The number of rotatable bonds is 3. The Kier molecular flexibility index (Phi) is 6.03. The molecule has 1 aliphatic rings. The Bertz CT molecular complexity index is 1040. The lowest BCUT2D eigenvalue weighted by molar-refractivity contribution is 0.589. The third-order valence-electron chi connectivity index (χ3n) is 5.40. The molecule has 0 amide bonds. The van der Waals surface area contributed by atoms with Crippen molar-refractivity contribution in [2.45, 2.75) is 33.2 Å². The van der Waals surface area contributed by atoms with Crippen molar-refractivity contribution in [3.63, 3.8) is 0 Å². The van der Waals surface area contributed by atoms with Crippen molar-refractivity contribution in [1.29, 1.82) is 0 Å². The second-order valence-corrected chi connectivity index (χ2v) is 7.15. The molecule has 0 spiro atoms. The molecule has 29 heavy (non-hydrogen) atoms. The minimum Gasteiger partial charge on any atom is -0.349 e. The Morgan fingerprint density at radius 3 is 2.59 bits per heavy atom. The third-order valence-corrected chi connectivity index (χ3v) is 5.40. The summed E-state index contributed by atoms with van der Waals surface area (Å²) in [4.78, 5) is 11.3. The monoisotopic (exact) mass is 416 g/mol. The summed E-state index contributed by atoms with van der Waals surface area (Å²) in [7, 11) is 0. The van der Waals surface area contributed by atoms with Gasteiger partial charge in [-0.1, -0.05) is 18.2 Å². The molecule has 0 aliphatic carbocycles. The van der Waals surface area contributed by atoms with Gasteiger partial charge in [-0.3, -0.25) is 0 Å². The molecule has 1 aliphatic heterocycles. The zero-order valence-electron chi connectivity index (χ0n) is 16.5. The largest absolute Gasteiger partial charge is 0.349 e. The molecule has 1 unspecified atom stereocenters. The van der Waals surface area contributed by atoms with Gasteiger partial charge in [0.1, 0.15) is 17.5 Å². The lowest BCUT2D eigenvalue weighted by Gasteiger charge is -2.37. The first-order valence-electron chi connectivity index (χ1n) is 9.36. The van der Waals surface area contributed by atoms with Crippen molar-refractivity contribution >= 4 is 29.9 Å². The van der Waals surface area contributed by atoms with E-state index in [1.54, 1.807) is 24.3 Å². The highest BCUT2D eigenvalue weighted by atomic mass is 35.5. The molecule has 2 heterocycles. The number of hydrogen-bond acceptors (Lipinski definition) is 4. The van der Waals surface area contributed by atoms with Gasteiger partial charge in [0.05, 0.1) is 11.7 Å². The van der Waals surface area contributed by atoms with E-state index < -0.39 is 0 Å². The minimum absolute atomic E-state index is 0. The molecule has 152 valence electrons. The summed E-state index contributed by atoms with van der Waals surface area (Å²) in [5.74, 6) is 0.542. The van der Waals surface area contributed by atoms with Gasteiger partial charge in [-0.15, -0.1) is 12.4 Å². The van der Waals surface area contributed by atoms with Crippen molar-refractivity contribution in [2.75, 3.05) is 16.8 Å². The molecule has 4 rings (SSSR count). The van der Waals surface area contributed by atoms with Gasteiger partial charge in [-0.25, -0.2) is 13.8 Å². The number of nitrogens with zero attached hydrogens (tertiary/aromatic N) is 3. The van der Waals surface area contributed by atoms with Crippen molar-refractivity contribution in [1.82, 2.24) is 9.97 Å². The van der Waals surface area contributed by atoms with Crippen molar-refractivity contribution in [2.24, 2.45) is 0 Å². The van der Waals surface area contributed by atoms with Crippen LogP contribution in [0.1, 0.15) is 35.3 Å². The average molecular weight is 417 g/mol. The average Bonchev–Trinajstić information content (AvgIpc) is 2.67. The van der Waals surface area contributed by atoms with E-state index in [2.05, 4.69) is 27.1 Å². The van der Waals surface area contributed by atoms with E-state index in [4.69, 9.17) is 0 Å². The predicted molar refractivity (Wildman–Crippen MR) is 114 cm³/mol. The Balaban J connectivity index is 0.00000240. The van der Waals surface area contributed by atoms with Crippen LogP contribution < -0.4 is 10.2 Å². The summed E-state index contributed by atoms with van der Waals surface area (Å²) < 4.78 is 27.8. The molecule has 1 N–H and O–H groups in total. The van der Waals surface area contributed by atoms with Gasteiger partial charge in [0.15, 0.2) is 0 Å². The van der Waals surface area contributed by atoms with Crippen LogP contribution in [0.3, 0.4) is 0 Å². The standard InChI is InChI=1S/C22H22F2N4.ClH/c1-13-14(2)25-22(26-20-7-5-4-6-19(20)24)27-21(13)28-11-10-16-8-9-17(23)12-18(16)15(28)3;/h4-9,12,15H,10-11H2,1-3H3,(H,25,26,27);1H. The summed E-state index contributed by atoms with van der Waals surface area (Å²) >= 11 is 0. The van der Waals surface area contributed by atoms with Crippen LogP contribution in [0.5, 0.6) is 0 Å². The first-order chi connectivity index (χ1) is 13.4. The Morgan fingerprint density at radius 1 is 1.07 bits per heavy atom. The maximum absolute atomic E-state index is 14.0. The molecule has 7 heteroatoms. The highest BCUT2D eigenvalue weighted by molar-refractivity contribution is 5.85. The van der Waals surface area contributed by atoms with Crippen molar-refractivity contribution in [3.05, 3.63) is 76.5 Å². The molecule has 4 nitrogen and oxygen atoms in total. The molecule has 3 aromatic rings. The zero-order valence-corrected chi connectivity index (χ0v) is 17.4. The Morgan fingerprint density at radius 2 is 1.83 bits per heavy atom. The topological polar surface area (TPSA) is 41.1 Å². The summed E-state index contributed by atoms with van der Waals surface area (Å²) in [6, 6.07) is 11.4. The van der Waals surface area contributed by atoms with Crippen molar-refractivity contribution < 1.29 is 8.78 Å². The fraction of sp³-hybridized carbons (Fsp3) is 0.273. The fourth-order valence-corrected chi connectivity index (χ4v) is 3.71. The maximum Gasteiger partial charge on any atom is 0.229 e. The number of nitrogens with one attached hydrogen (secondary N) is 1. The van der Waals surface area contributed by atoms with Gasteiger partial charge < -0.3 is 10.2 Å². The number of anilines is 3. The van der Waals surface area contributed by atoms with Crippen LogP contribution in [0.25, 0.3) is 0 Å². The molecule has 0 saturated heterocycles. The van der Waals surface area contributed by atoms with Gasteiger partial charge in [0, 0.05) is 17.8 Å². The highest BCUT2D eigenvalue weighted by Gasteiger charge is 2.27. The van der Waals surface area contributed by atoms with E-state index in [1.165, 1.54) is 17.7 Å².